The number of carbonyl (C=O) groups excluding carboxylic acids is 1. The summed E-state index contributed by atoms with van der Waals surface area (Å²) < 4.78 is 33.2. The van der Waals surface area contributed by atoms with Crippen LogP contribution in [0.4, 0.5) is 0 Å². The van der Waals surface area contributed by atoms with Crippen molar-refractivity contribution in [3.63, 3.8) is 0 Å². The Hall–Kier alpha value is -2.77. The summed E-state index contributed by atoms with van der Waals surface area (Å²) in [4.78, 5) is 11.6. The van der Waals surface area contributed by atoms with Crippen molar-refractivity contribution in [2.75, 3.05) is 27.8 Å². The molecule has 2 aromatic rings. The summed E-state index contributed by atoms with van der Waals surface area (Å²) in [6.45, 7) is 1.85. The van der Waals surface area contributed by atoms with Crippen LogP contribution in [0.3, 0.4) is 0 Å². The molecule has 0 aromatic heterocycles. The van der Waals surface area contributed by atoms with Gasteiger partial charge in [-0.05, 0) is 54.7 Å². The maximum absolute atomic E-state index is 11.6. The molecule has 0 bridgehead atoms. The number of hydrogen-bond donors (Lipinski definition) is 0. The Kier molecular flexibility index (Phi) is 6.63. The highest BCUT2D eigenvalue weighted by Gasteiger charge is 2.46. The molecule has 166 valence electrons. The van der Waals surface area contributed by atoms with Gasteiger partial charge in [-0.2, -0.15) is 0 Å². The van der Waals surface area contributed by atoms with E-state index in [0.717, 1.165) is 41.2 Å². The smallest absolute Gasteiger partial charge is 0.302 e. The summed E-state index contributed by atoms with van der Waals surface area (Å²) in [6, 6.07) is 13.7. The van der Waals surface area contributed by atoms with Gasteiger partial charge >= 0.3 is 5.97 Å². The Balaban J connectivity index is 1.62. The lowest BCUT2D eigenvalue weighted by Gasteiger charge is -2.36. The summed E-state index contributed by atoms with van der Waals surface area (Å²) in [7, 11) is 3.18. The molecule has 1 fully saturated rings. The molecule has 1 aliphatic heterocycles. The molecule has 7 heteroatoms. The van der Waals surface area contributed by atoms with E-state index < -0.39 is 0 Å². The lowest BCUT2D eigenvalue weighted by Crippen LogP contribution is -2.27. The van der Waals surface area contributed by atoms with E-state index in [0.29, 0.717) is 0 Å². The molecule has 0 amide bonds. The lowest BCUT2D eigenvalue weighted by molar-refractivity contribution is -0.146. The number of fused-ring (bicyclic) bond motifs is 3. The van der Waals surface area contributed by atoms with Crippen LogP contribution in [0.1, 0.15) is 42.9 Å². The minimum Gasteiger partial charge on any atom is -0.485 e. The van der Waals surface area contributed by atoms with Crippen LogP contribution < -0.4 is 14.2 Å². The monoisotopic (exact) mass is 428 g/mol. The van der Waals surface area contributed by atoms with Gasteiger partial charge in [-0.3, -0.25) is 4.79 Å². The van der Waals surface area contributed by atoms with Gasteiger partial charge in [0, 0.05) is 32.6 Å². The topological polar surface area (TPSA) is 72.5 Å². The predicted molar refractivity (Wildman–Crippen MR) is 112 cm³/mol. The summed E-state index contributed by atoms with van der Waals surface area (Å²) in [5.41, 5.74) is 2.15. The van der Waals surface area contributed by atoms with Crippen LogP contribution in [0.5, 0.6) is 17.2 Å². The molecule has 0 saturated heterocycles. The van der Waals surface area contributed by atoms with Crippen LogP contribution in [-0.2, 0) is 19.0 Å². The second-order valence-electron chi connectivity index (χ2n) is 7.88. The Labute approximate surface area is 182 Å². The van der Waals surface area contributed by atoms with Gasteiger partial charge in [-0.25, -0.2) is 0 Å². The first-order valence-corrected chi connectivity index (χ1v) is 10.4. The summed E-state index contributed by atoms with van der Waals surface area (Å²) in [5.74, 6) is 2.44. The van der Waals surface area contributed by atoms with Crippen molar-refractivity contribution in [2.45, 2.75) is 37.9 Å². The average Bonchev–Trinajstić information content (AvgIpc) is 3.19. The molecular weight excluding hydrogens is 400 g/mol. The van der Waals surface area contributed by atoms with Crippen molar-refractivity contribution in [3.8, 4) is 17.2 Å². The summed E-state index contributed by atoms with van der Waals surface area (Å²) in [5, 5.41) is 0. The molecule has 1 heterocycles. The van der Waals surface area contributed by atoms with Gasteiger partial charge in [-0.1, -0.05) is 12.1 Å². The molecular formula is C24H28O7. The van der Waals surface area contributed by atoms with Crippen LogP contribution in [0, 0.1) is 5.92 Å². The van der Waals surface area contributed by atoms with Gasteiger partial charge < -0.3 is 28.4 Å². The Bertz CT molecular complexity index is 895. The van der Waals surface area contributed by atoms with Crippen molar-refractivity contribution in [1.82, 2.24) is 0 Å². The van der Waals surface area contributed by atoms with Gasteiger partial charge in [0.05, 0.1) is 0 Å². The van der Waals surface area contributed by atoms with Crippen LogP contribution in [0.2, 0.25) is 0 Å². The van der Waals surface area contributed by atoms with E-state index in [2.05, 4.69) is 0 Å². The van der Waals surface area contributed by atoms with Crippen molar-refractivity contribution >= 4 is 5.97 Å². The molecule has 7 nitrogen and oxygen atoms in total. The number of esters is 1. The Morgan fingerprint density at radius 1 is 0.968 bits per heavy atom. The average molecular weight is 428 g/mol. The molecule has 1 saturated carbocycles. The number of carbonyl (C=O) groups is 1. The van der Waals surface area contributed by atoms with Crippen LogP contribution in [0.15, 0.2) is 42.5 Å². The van der Waals surface area contributed by atoms with Crippen LogP contribution in [-0.4, -0.2) is 39.9 Å². The van der Waals surface area contributed by atoms with E-state index in [1.807, 2.05) is 42.5 Å². The first-order chi connectivity index (χ1) is 15.1. The maximum Gasteiger partial charge on any atom is 0.302 e. The van der Waals surface area contributed by atoms with E-state index >= 15 is 0 Å². The fourth-order valence-corrected chi connectivity index (χ4v) is 4.61. The fraction of sp³-hybridized carbons (Fsp3) is 0.458. The predicted octanol–water partition coefficient (Wildman–Crippen LogP) is 4.21. The van der Waals surface area contributed by atoms with Gasteiger partial charge in [0.25, 0.3) is 0 Å². The molecule has 2 aromatic carbocycles. The molecule has 0 radical (unpaired) electrons. The minimum absolute atomic E-state index is 0.127. The highest BCUT2D eigenvalue weighted by molar-refractivity contribution is 5.66. The van der Waals surface area contributed by atoms with E-state index in [1.165, 1.54) is 6.92 Å². The van der Waals surface area contributed by atoms with Gasteiger partial charge in [0.2, 0.25) is 0 Å². The van der Waals surface area contributed by atoms with Crippen molar-refractivity contribution in [2.24, 2.45) is 5.92 Å². The first kappa shape index (κ1) is 21.5. The molecule has 4 rings (SSSR count). The third-order valence-electron chi connectivity index (χ3n) is 5.82. The SMILES string of the molecule is COCOc1ccc(C2Oc3ccc(OCOC)cc3C3CC(OC(C)=O)CC32)cc1. The highest BCUT2D eigenvalue weighted by atomic mass is 16.7. The second kappa shape index (κ2) is 9.58. The number of benzene rings is 2. The number of ether oxygens (including phenoxy) is 6. The van der Waals surface area contributed by atoms with E-state index in [1.54, 1.807) is 14.2 Å². The number of hydrogen-bond acceptors (Lipinski definition) is 7. The summed E-state index contributed by atoms with van der Waals surface area (Å²) >= 11 is 0. The Morgan fingerprint density at radius 2 is 1.65 bits per heavy atom. The zero-order valence-corrected chi connectivity index (χ0v) is 18.0. The second-order valence-corrected chi connectivity index (χ2v) is 7.88. The quantitative estimate of drug-likeness (QED) is 0.461. The normalized spacial score (nSPS) is 24.0. The molecule has 0 N–H and O–H groups in total. The number of methoxy groups -OCH3 is 2. The zero-order valence-electron chi connectivity index (χ0n) is 18.0. The van der Waals surface area contributed by atoms with Gasteiger partial charge in [0.15, 0.2) is 13.6 Å². The third-order valence-corrected chi connectivity index (χ3v) is 5.82. The van der Waals surface area contributed by atoms with Crippen molar-refractivity contribution in [1.29, 1.82) is 0 Å². The standard InChI is InChI=1S/C24H28O7/c1-15(25)30-19-11-20-21-10-18(29-14-27-3)8-9-23(21)31-24(22(20)12-19)16-4-6-17(7-5-16)28-13-26-2/h4-10,19-20,22,24H,11-14H2,1-3H3. The molecule has 2 aliphatic rings. The van der Waals surface area contributed by atoms with E-state index in [9.17, 15) is 4.79 Å². The fourth-order valence-electron chi connectivity index (χ4n) is 4.61. The van der Waals surface area contributed by atoms with Crippen LogP contribution in [0.25, 0.3) is 0 Å². The number of rotatable bonds is 8. The van der Waals surface area contributed by atoms with Gasteiger partial charge in [0.1, 0.15) is 29.5 Å². The minimum atomic E-state index is -0.252. The van der Waals surface area contributed by atoms with E-state index in [4.69, 9.17) is 28.4 Å². The Morgan fingerprint density at radius 3 is 2.32 bits per heavy atom. The largest absolute Gasteiger partial charge is 0.485 e. The van der Waals surface area contributed by atoms with Gasteiger partial charge in [-0.15, -0.1) is 0 Å². The zero-order chi connectivity index (χ0) is 21.8. The van der Waals surface area contributed by atoms with Crippen molar-refractivity contribution in [3.05, 3.63) is 53.6 Å². The van der Waals surface area contributed by atoms with Crippen molar-refractivity contribution < 1.29 is 33.2 Å². The molecule has 31 heavy (non-hydrogen) atoms. The molecule has 1 aliphatic carbocycles. The molecule has 0 spiro atoms. The molecule has 4 unspecified atom stereocenters. The lowest BCUT2D eigenvalue weighted by atomic mass is 9.80. The molecule has 4 atom stereocenters. The first-order valence-electron chi connectivity index (χ1n) is 10.4. The van der Waals surface area contributed by atoms with E-state index in [-0.39, 0.29) is 43.6 Å². The van der Waals surface area contributed by atoms with Crippen LogP contribution >= 0.6 is 0 Å². The highest BCUT2D eigenvalue weighted by Crippen LogP contribution is 2.55. The maximum atomic E-state index is 11.6. The third kappa shape index (κ3) is 4.78. The summed E-state index contributed by atoms with van der Waals surface area (Å²) in [6.07, 6.45) is 1.25.